The summed E-state index contributed by atoms with van der Waals surface area (Å²) < 4.78 is 17.5. The zero-order chi connectivity index (χ0) is 23.2. The van der Waals surface area contributed by atoms with Gasteiger partial charge in [-0.25, -0.2) is 0 Å². The van der Waals surface area contributed by atoms with E-state index in [0.717, 1.165) is 35.6 Å². The van der Waals surface area contributed by atoms with Gasteiger partial charge in [-0.2, -0.15) is 0 Å². The Kier molecular flexibility index (Phi) is 7.73. The second kappa shape index (κ2) is 10.9. The molecule has 7 heteroatoms. The lowest BCUT2D eigenvalue weighted by molar-refractivity contribution is -0.151. The molecule has 2 aliphatic heterocycles. The summed E-state index contributed by atoms with van der Waals surface area (Å²) in [6.45, 7) is 9.14. The Labute approximate surface area is 195 Å². The summed E-state index contributed by atoms with van der Waals surface area (Å²) in [7, 11) is 0. The molecular formula is C26H34N2O5. The average molecular weight is 455 g/mol. The molecule has 1 amide bonds. The first-order chi connectivity index (χ1) is 16.0. The maximum absolute atomic E-state index is 13.5. The molecule has 1 fully saturated rings. The van der Waals surface area contributed by atoms with E-state index in [4.69, 9.17) is 14.2 Å². The first-order valence-electron chi connectivity index (χ1n) is 11.8. The highest BCUT2D eigenvalue weighted by atomic mass is 16.5. The molecule has 0 radical (unpaired) electrons. The van der Waals surface area contributed by atoms with Crippen molar-refractivity contribution in [1.82, 2.24) is 9.80 Å². The number of phenols is 1. The normalized spacial score (nSPS) is 18.7. The number of phenolic OH excluding ortho intramolecular Hbond substituents is 1. The van der Waals surface area contributed by atoms with Gasteiger partial charge in [0.25, 0.3) is 5.91 Å². The van der Waals surface area contributed by atoms with Crippen molar-refractivity contribution in [1.29, 1.82) is 0 Å². The number of nitrogens with zero attached hydrogens (tertiary/aromatic N) is 2. The molecule has 4 rings (SSSR count). The number of hydrogen-bond donors (Lipinski definition) is 1. The quantitative estimate of drug-likeness (QED) is 0.691. The molecule has 1 N–H and O–H groups in total. The maximum Gasteiger partial charge on any atom is 0.253 e. The molecule has 2 aromatic carbocycles. The number of morpholine rings is 1. The van der Waals surface area contributed by atoms with Crippen molar-refractivity contribution in [2.75, 3.05) is 39.5 Å². The largest absolute Gasteiger partial charge is 0.508 e. The monoisotopic (exact) mass is 454 g/mol. The first kappa shape index (κ1) is 23.4. The number of benzene rings is 2. The predicted molar refractivity (Wildman–Crippen MR) is 125 cm³/mol. The van der Waals surface area contributed by atoms with Crippen LogP contribution in [0.4, 0.5) is 0 Å². The van der Waals surface area contributed by atoms with Crippen LogP contribution < -0.4 is 9.47 Å². The fourth-order valence-electron chi connectivity index (χ4n) is 4.31. The van der Waals surface area contributed by atoms with Gasteiger partial charge in [-0.1, -0.05) is 32.0 Å². The van der Waals surface area contributed by atoms with Crippen molar-refractivity contribution in [3.63, 3.8) is 0 Å². The SMILES string of the molecule is CC(C)CN(Cc1ccc2c(c1)OCCCO2)C(=O)[C@H]1CN(Cc2cccc(O)c2)CCO1. The van der Waals surface area contributed by atoms with Crippen LogP contribution in [0.1, 0.15) is 31.4 Å². The van der Waals surface area contributed by atoms with E-state index in [9.17, 15) is 9.90 Å². The Morgan fingerprint density at radius 2 is 1.91 bits per heavy atom. The van der Waals surface area contributed by atoms with Gasteiger partial charge >= 0.3 is 0 Å². The van der Waals surface area contributed by atoms with Crippen LogP contribution in [0.2, 0.25) is 0 Å². The van der Waals surface area contributed by atoms with E-state index in [-0.39, 0.29) is 11.7 Å². The Morgan fingerprint density at radius 3 is 2.70 bits per heavy atom. The minimum Gasteiger partial charge on any atom is -0.508 e. The topological polar surface area (TPSA) is 71.5 Å². The average Bonchev–Trinajstić information content (AvgIpc) is 3.03. The molecule has 178 valence electrons. The number of ether oxygens (including phenoxy) is 3. The minimum atomic E-state index is -0.504. The Balaban J connectivity index is 1.44. The van der Waals surface area contributed by atoms with Crippen LogP contribution >= 0.6 is 0 Å². The standard InChI is InChI=1S/C26H34N2O5/c1-19(2)15-28(17-21-7-8-23-24(14-21)32-11-4-10-31-23)26(30)25-18-27(9-12-33-25)16-20-5-3-6-22(29)13-20/h3,5-8,13-14,19,25,29H,4,9-12,15-18H2,1-2H3/t25-/m1/s1. The molecule has 2 aliphatic rings. The third-order valence-electron chi connectivity index (χ3n) is 5.83. The Morgan fingerprint density at radius 1 is 1.09 bits per heavy atom. The number of carbonyl (C=O) groups excluding carboxylic acids is 1. The van der Waals surface area contributed by atoms with E-state index in [2.05, 4.69) is 18.7 Å². The van der Waals surface area contributed by atoms with Gasteiger partial charge < -0.3 is 24.2 Å². The van der Waals surface area contributed by atoms with Gasteiger partial charge in [-0.05, 0) is 41.3 Å². The molecule has 0 saturated carbocycles. The highest BCUT2D eigenvalue weighted by Crippen LogP contribution is 2.31. The smallest absolute Gasteiger partial charge is 0.253 e. The van der Waals surface area contributed by atoms with Crippen molar-refractivity contribution in [2.24, 2.45) is 5.92 Å². The third-order valence-corrected chi connectivity index (χ3v) is 5.83. The van der Waals surface area contributed by atoms with Crippen LogP contribution in [0.25, 0.3) is 0 Å². The molecular weight excluding hydrogens is 420 g/mol. The molecule has 7 nitrogen and oxygen atoms in total. The lowest BCUT2D eigenvalue weighted by atomic mass is 10.1. The molecule has 0 aromatic heterocycles. The van der Waals surface area contributed by atoms with E-state index in [1.54, 1.807) is 12.1 Å². The van der Waals surface area contributed by atoms with Crippen molar-refractivity contribution in [3.8, 4) is 17.2 Å². The summed E-state index contributed by atoms with van der Waals surface area (Å²) in [5, 5.41) is 9.75. The second-order valence-electron chi connectivity index (χ2n) is 9.21. The maximum atomic E-state index is 13.5. The van der Waals surface area contributed by atoms with Gasteiger partial charge in [0.1, 0.15) is 11.9 Å². The number of amides is 1. The fraction of sp³-hybridized carbons (Fsp3) is 0.500. The van der Waals surface area contributed by atoms with Crippen LogP contribution in [0, 0.1) is 5.92 Å². The lowest BCUT2D eigenvalue weighted by Gasteiger charge is -2.35. The number of fused-ring (bicyclic) bond motifs is 1. The van der Waals surface area contributed by atoms with E-state index in [0.29, 0.717) is 51.9 Å². The molecule has 0 spiro atoms. The molecule has 0 bridgehead atoms. The van der Waals surface area contributed by atoms with Crippen LogP contribution in [-0.4, -0.2) is 66.4 Å². The van der Waals surface area contributed by atoms with Crippen LogP contribution in [0.3, 0.4) is 0 Å². The molecule has 33 heavy (non-hydrogen) atoms. The summed E-state index contributed by atoms with van der Waals surface area (Å²) in [6.07, 6.45) is 0.357. The number of hydrogen-bond acceptors (Lipinski definition) is 6. The van der Waals surface area contributed by atoms with Crippen LogP contribution in [0.15, 0.2) is 42.5 Å². The Bertz CT molecular complexity index is 948. The second-order valence-corrected chi connectivity index (χ2v) is 9.21. The van der Waals surface area contributed by atoms with Gasteiger partial charge in [0, 0.05) is 39.1 Å². The molecule has 0 aliphatic carbocycles. The zero-order valence-corrected chi connectivity index (χ0v) is 19.5. The molecule has 1 atom stereocenters. The predicted octanol–water partition coefficient (Wildman–Crippen LogP) is 3.44. The highest BCUT2D eigenvalue weighted by Gasteiger charge is 2.31. The first-order valence-corrected chi connectivity index (χ1v) is 11.8. The molecule has 2 heterocycles. The number of carbonyl (C=O) groups is 1. The lowest BCUT2D eigenvalue weighted by Crippen LogP contribution is -2.51. The zero-order valence-electron chi connectivity index (χ0n) is 19.5. The van der Waals surface area contributed by atoms with Gasteiger partial charge in [-0.15, -0.1) is 0 Å². The summed E-state index contributed by atoms with van der Waals surface area (Å²) in [4.78, 5) is 17.6. The summed E-state index contributed by atoms with van der Waals surface area (Å²) in [5.41, 5.74) is 2.04. The third kappa shape index (κ3) is 6.39. The van der Waals surface area contributed by atoms with Crippen molar-refractivity contribution < 1.29 is 24.1 Å². The van der Waals surface area contributed by atoms with E-state index in [1.165, 1.54) is 0 Å². The van der Waals surface area contributed by atoms with Crippen molar-refractivity contribution >= 4 is 5.91 Å². The van der Waals surface area contributed by atoms with Crippen LogP contribution in [0.5, 0.6) is 17.2 Å². The summed E-state index contributed by atoms with van der Waals surface area (Å²) >= 11 is 0. The van der Waals surface area contributed by atoms with E-state index < -0.39 is 6.10 Å². The summed E-state index contributed by atoms with van der Waals surface area (Å²) in [6, 6.07) is 13.2. The van der Waals surface area contributed by atoms with Gasteiger partial charge in [-0.3, -0.25) is 9.69 Å². The van der Waals surface area contributed by atoms with Gasteiger partial charge in [0.2, 0.25) is 0 Å². The van der Waals surface area contributed by atoms with Gasteiger partial charge in [0.15, 0.2) is 11.5 Å². The fourth-order valence-corrected chi connectivity index (χ4v) is 4.31. The molecule has 0 unspecified atom stereocenters. The summed E-state index contributed by atoms with van der Waals surface area (Å²) in [5.74, 6) is 2.11. The molecule has 2 aromatic rings. The van der Waals surface area contributed by atoms with Gasteiger partial charge in [0.05, 0.1) is 19.8 Å². The number of rotatable bonds is 7. The van der Waals surface area contributed by atoms with E-state index in [1.807, 2.05) is 35.2 Å². The number of aromatic hydroxyl groups is 1. The van der Waals surface area contributed by atoms with Crippen LogP contribution in [-0.2, 0) is 22.6 Å². The van der Waals surface area contributed by atoms with Crippen molar-refractivity contribution in [2.45, 2.75) is 39.5 Å². The minimum absolute atomic E-state index is 0.0106. The van der Waals surface area contributed by atoms with E-state index >= 15 is 0 Å². The molecule has 1 saturated heterocycles. The Hall–Kier alpha value is -2.77. The highest BCUT2D eigenvalue weighted by molar-refractivity contribution is 5.81. The van der Waals surface area contributed by atoms with Crippen molar-refractivity contribution in [3.05, 3.63) is 53.6 Å².